The molecule has 0 aliphatic carbocycles. The first kappa shape index (κ1) is 36.0. The molecule has 0 radical (unpaired) electrons. The summed E-state index contributed by atoms with van der Waals surface area (Å²) in [7, 11) is 0. The van der Waals surface area contributed by atoms with Crippen LogP contribution in [-0.2, 0) is 31.9 Å². The van der Waals surface area contributed by atoms with E-state index >= 15 is 0 Å². The molecule has 3 aromatic rings. The molecule has 0 bridgehead atoms. The molecular weight excluding hydrogens is 673 g/mol. The second kappa shape index (κ2) is 15.2. The number of piperazine rings is 1. The number of anilines is 1. The molecule has 6 rings (SSSR count). The van der Waals surface area contributed by atoms with Crippen LogP contribution < -0.4 is 10.2 Å². The van der Waals surface area contributed by atoms with Crippen molar-refractivity contribution in [1.82, 2.24) is 24.9 Å². The van der Waals surface area contributed by atoms with Crippen LogP contribution in [0.3, 0.4) is 0 Å². The molecule has 2 saturated heterocycles. The molecule has 1 atom stereocenters. The van der Waals surface area contributed by atoms with Gasteiger partial charge in [-0.05, 0) is 43.2 Å². The van der Waals surface area contributed by atoms with Gasteiger partial charge in [-0.1, -0.05) is 12.1 Å². The van der Waals surface area contributed by atoms with E-state index in [0.29, 0.717) is 107 Å². The molecule has 7 nitrogen and oxygen atoms in total. The van der Waals surface area contributed by atoms with Gasteiger partial charge in [0, 0.05) is 105 Å². The summed E-state index contributed by atoms with van der Waals surface area (Å²) in [6.07, 6.45) is -8.97. The van der Waals surface area contributed by atoms with Crippen LogP contribution in [0.5, 0.6) is 0 Å². The third-order valence-electron chi connectivity index (χ3n) is 9.51. The first-order valence-corrected chi connectivity index (χ1v) is 17.7. The number of aliphatic hydroxyl groups is 1. The second-order valence-corrected chi connectivity index (χ2v) is 14.1. The molecule has 49 heavy (non-hydrogen) atoms. The number of aromatic nitrogens is 2. The highest BCUT2D eigenvalue weighted by Gasteiger charge is 2.35. The molecule has 1 aromatic heterocycles. The number of alkyl halides is 7. The van der Waals surface area contributed by atoms with E-state index in [-0.39, 0.29) is 11.4 Å². The van der Waals surface area contributed by atoms with Crippen LogP contribution in [0.4, 0.5) is 36.4 Å². The van der Waals surface area contributed by atoms with Gasteiger partial charge in [0.05, 0.1) is 29.5 Å². The van der Waals surface area contributed by atoms with Gasteiger partial charge >= 0.3 is 12.4 Å². The monoisotopic (exact) mass is 714 g/mol. The molecule has 0 saturated carbocycles. The average molecular weight is 715 g/mol. The molecule has 0 unspecified atom stereocenters. The molecule has 15 heteroatoms. The quantitative estimate of drug-likeness (QED) is 0.199. The first-order chi connectivity index (χ1) is 23.3. The minimum Gasteiger partial charge on any atom is -0.390 e. The Labute approximate surface area is 285 Å². The number of benzene rings is 2. The Morgan fingerprint density at radius 2 is 1.65 bits per heavy atom. The summed E-state index contributed by atoms with van der Waals surface area (Å²) < 4.78 is 96.9. The third kappa shape index (κ3) is 8.91. The number of halogens is 7. The van der Waals surface area contributed by atoms with E-state index in [9.17, 15) is 35.8 Å². The summed E-state index contributed by atoms with van der Waals surface area (Å²) in [5, 5.41) is 19.3. The van der Waals surface area contributed by atoms with Gasteiger partial charge in [-0.25, -0.2) is 4.39 Å². The fraction of sp³-hybridized carbons (Fsp3) is 0.559. The molecule has 3 aliphatic heterocycles. The Morgan fingerprint density at radius 1 is 0.898 bits per heavy atom. The van der Waals surface area contributed by atoms with Crippen molar-refractivity contribution in [2.45, 2.75) is 61.9 Å². The molecule has 4 heterocycles. The summed E-state index contributed by atoms with van der Waals surface area (Å²) in [5.74, 6) is 0.442. The van der Waals surface area contributed by atoms with E-state index in [1.165, 1.54) is 12.1 Å². The maximum atomic E-state index is 14.0. The van der Waals surface area contributed by atoms with Gasteiger partial charge in [-0.15, -0.1) is 11.8 Å². The van der Waals surface area contributed by atoms with Gasteiger partial charge in [0.25, 0.3) is 0 Å². The van der Waals surface area contributed by atoms with Crippen molar-refractivity contribution in [2.75, 3.05) is 69.6 Å². The predicted octanol–water partition coefficient (Wildman–Crippen LogP) is 5.94. The maximum Gasteiger partial charge on any atom is 0.417 e. The molecule has 0 amide bonds. The van der Waals surface area contributed by atoms with E-state index in [2.05, 4.69) is 15.1 Å². The number of thioether (sulfide) groups is 1. The fourth-order valence-electron chi connectivity index (χ4n) is 6.86. The zero-order valence-electron chi connectivity index (χ0n) is 27.0. The molecule has 2 aromatic carbocycles. The third-order valence-corrected chi connectivity index (χ3v) is 10.5. The SMILES string of the molecule is O[C@@H](CN1CCN(c2cccc(C(F)(F)F)c2)CC1)Cn1nc(-c2ccc(C(F)(F)F)c(SCCN3CCC(F)CC3)c2)c2c1CCNC2. The van der Waals surface area contributed by atoms with Gasteiger partial charge in [-0.2, -0.15) is 31.4 Å². The normalized spacial score (nSPS) is 19.3. The number of hydrogen-bond acceptors (Lipinski definition) is 7. The molecular formula is C34H41F7N6OS. The van der Waals surface area contributed by atoms with Crippen molar-refractivity contribution in [3.05, 3.63) is 64.8 Å². The minimum atomic E-state index is -4.52. The lowest BCUT2D eigenvalue weighted by Crippen LogP contribution is -2.49. The van der Waals surface area contributed by atoms with E-state index in [1.807, 2.05) is 4.90 Å². The number of β-amino-alcohol motifs (C(OH)–C–C–N with tert-alkyl or cyclic N) is 1. The molecule has 2 fully saturated rings. The highest BCUT2D eigenvalue weighted by Crippen LogP contribution is 2.40. The molecule has 3 aliphatic rings. The number of fused-ring (bicyclic) bond motifs is 1. The summed E-state index contributed by atoms with van der Waals surface area (Å²) in [6, 6.07) is 9.43. The highest BCUT2D eigenvalue weighted by molar-refractivity contribution is 7.99. The zero-order chi connectivity index (χ0) is 34.8. The highest BCUT2D eigenvalue weighted by atomic mass is 32.2. The summed E-state index contributed by atoms with van der Waals surface area (Å²) in [4.78, 5) is 6.20. The number of piperidine rings is 1. The van der Waals surface area contributed by atoms with Crippen LogP contribution in [0.2, 0.25) is 0 Å². The summed E-state index contributed by atoms with van der Waals surface area (Å²) in [6.45, 7) is 5.72. The van der Waals surface area contributed by atoms with Gasteiger partial charge < -0.3 is 20.2 Å². The van der Waals surface area contributed by atoms with Crippen molar-refractivity contribution in [3.63, 3.8) is 0 Å². The Hall–Kier alpha value is -2.85. The number of hydrogen-bond donors (Lipinski definition) is 2. The number of nitrogens with zero attached hydrogens (tertiary/aromatic N) is 5. The Bertz CT molecular complexity index is 1570. The van der Waals surface area contributed by atoms with Gasteiger partial charge in [0.15, 0.2) is 0 Å². The van der Waals surface area contributed by atoms with E-state index in [4.69, 9.17) is 5.10 Å². The largest absolute Gasteiger partial charge is 0.417 e. The topological polar surface area (TPSA) is 59.8 Å². The van der Waals surface area contributed by atoms with Crippen molar-refractivity contribution in [2.24, 2.45) is 0 Å². The van der Waals surface area contributed by atoms with Gasteiger partial charge in [-0.3, -0.25) is 9.58 Å². The van der Waals surface area contributed by atoms with E-state index < -0.39 is 35.8 Å². The Morgan fingerprint density at radius 3 is 2.37 bits per heavy atom. The first-order valence-electron chi connectivity index (χ1n) is 16.7. The Kier molecular flexibility index (Phi) is 11.1. The predicted molar refractivity (Wildman–Crippen MR) is 175 cm³/mol. The summed E-state index contributed by atoms with van der Waals surface area (Å²) >= 11 is 1.15. The lowest BCUT2D eigenvalue weighted by atomic mass is 10.0. The van der Waals surface area contributed by atoms with Crippen molar-refractivity contribution < 1.29 is 35.8 Å². The van der Waals surface area contributed by atoms with Gasteiger partial charge in [0.2, 0.25) is 0 Å². The Balaban J connectivity index is 1.12. The van der Waals surface area contributed by atoms with Gasteiger partial charge in [0.1, 0.15) is 6.17 Å². The van der Waals surface area contributed by atoms with Crippen LogP contribution in [0.1, 0.15) is 35.2 Å². The van der Waals surface area contributed by atoms with E-state index in [0.717, 1.165) is 41.2 Å². The van der Waals surface area contributed by atoms with Crippen LogP contribution in [0, 0.1) is 0 Å². The zero-order valence-corrected chi connectivity index (χ0v) is 27.9. The van der Waals surface area contributed by atoms with E-state index in [1.54, 1.807) is 16.8 Å². The van der Waals surface area contributed by atoms with Crippen molar-refractivity contribution >= 4 is 17.4 Å². The number of likely N-dealkylation sites (tertiary alicyclic amines) is 1. The molecule has 268 valence electrons. The van der Waals surface area contributed by atoms with Crippen LogP contribution in [0.15, 0.2) is 47.4 Å². The average Bonchev–Trinajstić information content (AvgIpc) is 3.43. The minimum absolute atomic E-state index is 0.127. The van der Waals surface area contributed by atoms with Crippen LogP contribution in [-0.4, -0.2) is 102 Å². The number of aliphatic hydroxyl groups excluding tert-OH is 1. The number of nitrogens with one attached hydrogen (secondary N) is 1. The molecule has 2 N–H and O–H groups in total. The van der Waals surface area contributed by atoms with Crippen LogP contribution >= 0.6 is 11.8 Å². The fourth-order valence-corrected chi connectivity index (χ4v) is 7.98. The lowest BCUT2D eigenvalue weighted by molar-refractivity contribution is -0.140. The molecule has 0 spiro atoms. The number of rotatable bonds is 10. The lowest BCUT2D eigenvalue weighted by Gasteiger charge is -2.37. The smallest absolute Gasteiger partial charge is 0.390 e. The standard InChI is InChI=1S/C34H41F7N6OS/c35-25-7-10-44(11-8-25)16-17-49-31-18-23(4-5-29(31)34(39,40)41)32-28-20-42-9-6-30(28)47(43-32)22-27(48)21-45-12-14-46(15-13-45)26-3-1-2-24(19-26)33(36,37)38/h1-5,18-19,25,27,42,48H,6-17,20-22H2/t27-/m0/s1. The van der Waals surface area contributed by atoms with Crippen molar-refractivity contribution in [3.8, 4) is 11.3 Å². The second-order valence-electron chi connectivity index (χ2n) is 12.9. The van der Waals surface area contributed by atoms with Crippen molar-refractivity contribution in [1.29, 1.82) is 0 Å². The maximum absolute atomic E-state index is 14.0. The summed E-state index contributed by atoms with van der Waals surface area (Å²) in [5.41, 5.74) is 2.14. The van der Waals surface area contributed by atoms with Crippen LogP contribution in [0.25, 0.3) is 11.3 Å².